The predicted molar refractivity (Wildman–Crippen MR) is 101 cm³/mol. The molecule has 4 N–H and O–H groups in total. The summed E-state index contributed by atoms with van der Waals surface area (Å²) in [5, 5.41) is 0.177. The summed E-state index contributed by atoms with van der Waals surface area (Å²) in [6.07, 6.45) is -4.92. The molecule has 0 amide bonds. The third-order valence-electron chi connectivity index (χ3n) is 4.27. The average Bonchev–Trinajstić information content (AvgIpc) is 2.61. The summed E-state index contributed by atoms with van der Waals surface area (Å²) in [5.74, 6) is -1.51. The Kier molecular flexibility index (Phi) is 4.87. The van der Waals surface area contributed by atoms with Gasteiger partial charge in [0.15, 0.2) is 0 Å². The summed E-state index contributed by atoms with van der Waals surface area (Å²) in [7, 11) is 1.09. The van der Waals surface area contributed by atoms with Gasteiger partial charge in [0.25, 0.3) is 5.56 Å². The number of nitrogens with zero attached hydrogens (tertiary/aromatic N) is 1. The molecule has 0 atom stereocenters. The number of rotatable bonds is 3. The van der Waals surface area contributed by atoms with Crippen LogP contribution in [0.4, 0.5) is 24.5 Å². The van der Waals surface area contributed by atoms with Gasteiger partial charge in [-0.2, -0.15) is 0 Å². The molecule has 0 bridgehead atoms. The summed E-state index contributed by atoms with van der Waals surface area (Å²) in [6.45, 7) is 1.66. The molecule has 0 fully saturated rings. The number of hydrogen-bond donors (Lipinski definition) is 2. The molecule has 152 valence electrons. The second kappa shape index (κ2) is 7.04. The number of hydrogen-bond acceptors (Lipinski definition) is 6. The Labute approximate surface area is 162 Å². The van der Waals surface area contributed by atoms with Crippen molar-refractivity contribution in [1.82, 2.24) is 4.57 Å². The summed E-state index contributed by atoms with van der Waals surface area (Å²) >= 11 is 0. The van der Waals surface area contributed by atoms with E-state index in [1.54, 1.807) is 13.0 Å². The van der Waals surface area contributed by atoms with E-state index in [4.69, 9.17) is 11.5 Å². The molecule has 2 aromatic carbocycles. The maximum Gasteiger partial charge on any atom is 0.573 e. The van der Waals surface area contributed by atoms with Gasteiger partial charge in [0.05, 0.1) is 24.0 Å². The molecule has 3 rings (SSSR count). The normalized spacial score (nSPS) is 11.5. The van der Waals surface area contributed by atoms with Crippen molar-refractivity contribution < 1.29 is 27.4 Å². The molecule has 0 radical (unpaired) electrons. The number of carbonyl (C=O) groups excluding carboxylic acids is 1. The van der Waals surface area contributed by atoms with E-state index in [9.17, 15) is 22.8 Å². The highest BCUT2D eigenvalue weighted by atomic mass is 19.4. The Morgan fingerprint density at radius 1 is 1.10 bits per heavy atom. The van der Waals surface area contributed by atoms with E-state index in [-0.39, 0.29) is 16.6 Å². The quantitative estimate of drug-likeness (QED) is 0.510. The number of benzene rings is 2. The molecule has 0 aliphatic carbocycles. The van der Waals surface area contributed by atoms with Gasteiger partial charge in [-0.05, 0) is 42.8 Å². The van der Waals surface area contributed by atoms with E-state index in [0.29, 0.717) is 16.9 Å². The van der Waals surface area contributed by atoms with Gasteiger partial charge >= 0.3 is 12.3 Å². The molecule has 0 saturated carbocycles. The highest BCUT2D eigenvalue weighted by Gasteiger charge is 2.31. The third-order valence-corrected chi connectivity index (χ3v) is 4.27. The van der Waals surface area contributed by atoms with Crippen LogP contribution in [0, 0.1) is 6.92 Å². The van der Waals surface area contributed by atoms with Crippen LogP contribution < -0.4 is 21.8 Å². The predicted octanol–water partition coefficient (Wildman–Crippen LogP) is 3.15. The van der Waals surface area contributed by atoms with Crippen molar-refractivity contribution in [1.29, 1.82) is 0 Å². The minimum atomic E-state index is -4.92. The first-order chi connectivity index (χ1) is 13.5. The van der Waals surface area contributed by atoms with Gasteiger partial charge < -0.3 is 20.9 Å². The minimum Gasteiger partial charge on any atom is -0.465 e. The van der Waals surface area contributed by atoms with Gasteiger partial charge in [0.1, 0.15) is 11.3 Å². The fourth-order valence-corrected chi connectivity index (χ4v) is 3.06. The van der Waals surface area contributed by atoms with E-state index in [0.717, 1.165) is 23.8 Å². The standard InChI is InChI=1S/C19H16F3N3O4/c1-9-7-10(23)3-6-13(9)25-14-8-11(29-19(20,21)22)4-5-12(14)16(24)15(17(25)26)18(27)28-2/h3-8H,23-24H2,1-2H3. The summed E-state index contributed by atoms with van der Waals surface area (Å²) in [5.41, 5.74) is 11.6. The Balaban J connectivity index is 2.45. The molecule has 0 aliphatic heterocycles. The van der Waals surface area contributed by atoms with E-state index in [2.05, 4.69) is 9.47 Å². The van der Waals surface area contributed by atoms with Gasteiger partial charge in [0, 0.05) is 17.1 Å². The number of carbonyl (C=O) groups is 1. The van der Waals surface area contributed by atoms with Gasteiger partial charge in [-0.1, -0.05) is 0 Å². The third kappa shape index (κ3) is 3.68. The molecule has 7 nitrogen and oxygen atoms in total. The van der Waals surface area contributed by atoms with Crippen molar-refractivity contribution in [2.45, 2.75) is 13.3 Å². The van der Waals surface area contributed by atoms with Crippen molar-refractivity contribution in [3.63, 3.8) is 0 Å². The number of fused-ring (bicyclic) bond motifs is 1. The number of nitrogens with two attached hydrogens (primary N) is 2. The number of ether oxygens (including phenoxy) is 2. The number of methoxy groups -OCH3 is 1. The monoisotopic (exact) mass is 407 g/mol. The van der Waals surface area contributed by atoms with Crippen molar-refractivity contribution in [2.75, 3.05) is 18.6 Å². The first-order valence-corrected chi connectivity index (χ1v) is 8.22. The Hall–Kier alpha value is -3.69. The Morgan fingerprint density at radius 2 is 1.79 bits per heavy atom. The maximum atomic E-state index is 13.1. The second-order valence-electron chi connectivity index (χ2n) is 6.19. The van der Waals surface area contributed by atoms with Gasteiger partial charge in [0.2, 0.25) is 0 Å². The van der Waals surface area contributed by atoms with Gasteiger partial charge in [-0.3, -0.25) is 9.36 Å². The van der Waals surface area contributed by atoms with Crippen LogP contribution in [0.5, 0.6) is 5.75 Å². The van der Waals surface area contributed by atoms with Crippen LogP contribution >= 0.6 is 0 Å². The first kappa shape index (κ1) is 20.1. The second-order valence-corrected chi connectivity index (χ2v) is 6.19. The number of nitrogen functional groups attached to an aromatic ring is 2. The maximum absolute atomic E-state index is 13.1. The Morgan fingerprint density at radius 3 is 2.38 bits per heavy atom. The molecular weight excluding hydrogens is 391 g/mol. The van der Waals surface area contributed by atoms with Crippen LogP contribution in [-0.2, 0) is 4.74 Å². The molecule has 29 heavy (non-hydrogen) atoms. The van der Waals surface area contributed by atoms with Crippen LogP contribution in [-0.4, -0.2) is 24.0 Å². The smallest absolute Gasteiger partial charge is 0.465 e. The summed E-state index contributed by atoms with van der Waals surface area (Å²) in [6, 6.07) is 7.92. The van der Waals surface area contributed by atoms with Crippen molar-refractivity contribution in [3.05, 3.63) is 57.9 Å². The molecule has 1 aromatic heterocycles. The molecule has 0 aliphatic rings. The van der Waals surface area contributed by atoms with Gasteiger partial charge in [-0.25, -0.2) is 4.79 Å². The fraction of sp³-hybridized carbons (Fsp3) is 0.158. The van der Waals surface area contributed by atoms with Gasteiger partial charge in [-0.15, -0.1) is 13.2 Å². The van der Waals surface area contributed by atoms with Crippen LogP contribution in [0.1, 0.15) is 15.9 Å². The van der Waals surface area contributed by atoms with Crippen molar-refractivity contribution in [2.24, 2.45) is 0 Å². The number of alkyl halides is 3. The topological polar surface area (TPSA) is 110 Å². The van der Waals surface area contributed by atoms with Crippen LogP contribution in [0.3, 0.4) is 0 Å². The van der Waals surface area contributed by atoms with Crippen LogP contribution in [0.2, 0.25) is 0 Å². The SMILES string of the molecule is COC(=O)c1c(N)c2ccc(OC(F)(F)F)cc2n(-c2ccc(N)cc2C)c1=O. The number of pyridine rings is 1. The summed E-state index contributed by atoms with van der Waals surface area (Å²) in [4.78, 5) is 25.3. The van der Waals surface area contributed by atoms with E-state index >= 15 is 0 Å². The largest absolute Gasteiger partial charge is 0.573 e. The lowest BCUT2D eigenvalue weighted by Crippen LogP contribution is -2.28. The number of aryl methyl sites for hydroxylation is 1. The highest BCUT2D eigenvalue weighted by molar-refractivity contribution is 6.04. The average molecular weight is 407 g/mol. The van der Waals surface area contributed by atoms with Crippen molar-refractivity contribution >= 4 is 28.2 Å². The number of esters is 1. The van der Waals surface area contributed by atoms with Crippen LogP contribution in [0.25, 0.3) is 16.6 Å². The van der Waals surface area contributed by atoms with E-state index < -0.39 is 29.2 Å². The highest BCUT2D eigenvalue weighted by Crippen LogP contribution is 2.32. The molecule has 10 heteroatoms. The zero-order valence-electron chi connectivity index (χ0n) is 15.3. The number of halogens is 3. The molecule has 0 saturated heterocycles. The lowest BCUT2D eigenvalue weighted by atomic mass is 10.1. The zero-order valence-corrected chi connectivity index (χ0v) is 15.3. The lowest BCUT2D eigenvalue weighted by Gasteiger charge is -2.18. The van der Waals surface area contributed by atoms with Crippen molar-refractivity contribution in [3.8, 4) is 11.4 Å². The molecule has 0 unspecified atom stereocenters. The number of anilines is 2. The fourth-order valence-electron chi connectivity index (χ4n) is 3.06. The molecular formula is C19H16F3N3O4. The Bertz CT molecular complexity index is 1190. The van der Waals surface area contributed by atoms with E-state index in [1.165, 1.54) is 18.2 Å². The van der Waals surface area contributed by atoms with E-state index in [1.807, 2.05) is 0 Å². The van der Waals surface area contributed by atoms with Crippen LogP contribution in [0.15, 0.2) is 41.2 Å². The minimum absolute atomic E-state index is 0.0229. The molecule has 0 spiro atoms. The first-order valence-electron chi connectivity index (χ1n) is 8.22. The molecule has 3 aromatic rings. The lowest BCUT2D eigenvalue weighted by molar-refractivity contribution is -0.274. The molecule has 1 heterocycles. The summed E-state index contributed by atoms with van der Waals surface area (Å²) < 4.78 is 47.7. The number of aromatic nitrogens is 1. The zero-order chi connectivity index (χ0) is 21.5.